The van der Waals surface area contributed by atoms with Crippen molar-refractivity contribution in [3.63, 3.8) is 0 Å². The molecule has 0 spiro atoms. The van der Waals surface area contributed by atoms with Gasteiger partial charge in [-0.3, -0.25) is 4.79 Å². The number of benzene rings is 1. The fraction of sp³-hybridized carbons (Fsp3) is 0.400. The highest BCUT2D eigenvalue weighted by molar-refractivity contribution is 5.88. The van der Waals surface area contributed by atoms with Gasteiger partial charge in [-0.2, -0.15) is 0 Å². The van der Waals surface area contributed by atoms with Gasteiger partial charge in [-0.15, -0.1) is 0 Å². The van der Waals surface area contributed by atoms with Crippen LogP contribution in [0.4, 0.5) is 5.69 Å². The standard InChI is InChI=1S/C15H20N2O3/c1-3-4-5-8-20-14-12(19-2)7-6-10-9-11(16)15(18)17-13(10)14/h6-7,9H,3-5,8,16H2,1-2H3,(H,17,18). The Morgan fingerprint density at radius 2 is 2.10 bits per heavy atom. The molecule has 1 aromatic carbocycles. The number of anilines is 1. The van der Waals surface area contributed by atoms with E-state index in [-0.39, 0.29) is 11.2 Å². The number of pyridine rings is 1. The van der Waals surface area contributed by atoms with Crippen LogP contribution in [0.5, 0.6) is 11.5 Å². The Kier molecular flexibility index (Phi) is 4.50. The van der Waals surface area contributed by atoms with E-state index in [1.807, 2.05) is 12.1 Å². The largest absolute Gasteiger partial charge is 0.493 e. The van der Waals surface area contributed by atoms with E-state index in [1.165, 1.54) is 0 Å². The number of methoxy groups -OCH3 is 1. The number of ether oxygens (including phenoxy) is 2. The highest BCUT2D eigenvalue weighted by atomic mass is 16.5. The average molecular weight is 276 g/mol. The summed E-state index contributed by atoms with van der Waals surface area (Å²) in [6.45, 7) is 2.73. The van der Waals surface area contributed by atoms with Crippen LogP contribution in [0.3, 0.4) is 0 Å². The van der Waals surface area contributed by atoms with E-state index >= 15 is 0 Å². The van der Waals surface area contributed by atoms with Crippen LogP contribution in [-0.2, 0) is 0 Å². The summed E-state index contributed by atoms with van der Waals surface area (Å²) in [5.74, 6) is 1.17. The molecule has 0 aliphatic rings. The Morgan fingerprint density at radius 3 is 2.80 bits per heavy atom. The molecule has 0 aliphatic heterocycles. The Labute approximate surface area is 117 Å². The first-order chi connectivity index (χ1) is 9.67. The van der Waals surface area contributed by atoms with Gasteiger partial charge in [-0.05, 0) is 24.6 Å². The van der Waals surface area contributed by atoms with Crippen molar-refractivity contribution in [3.05, 3.63) is 28.6 Å². The molecular weight excluding hydrogens is 256 g/mol. The maximum absolute atomic E-state index is 11.7. The number of nitrogens with two attached hydrogens (primary N) is 1. The first-order valence-corrected chi connectivity index (χ1v) is 6.79. The smallest absolute Gasteiger partial charge is 0.271 e. The van der Waals surface area contributed by atoms with Crippen molar-refractivity contribution in [1.82, 2.24) is 4.98 Å². The Balaban J connectivity index is 2.42. The average Bonchev–Trinajstić information content (AvgIpc) is 2.45. The Hall–Kier alpha value is -2.17. The number of hydrogen-bond donors (Lipinski definition) is 2. The number of nitrogens with one attached hydrogen (secondary N) is 1. The monoisotopic (exact) mass is 276 g/mol. The zero-order valence-corrected chi connectivity index (χ0v) is 11.9. The molecule has 20 heavy (non-hydrogen) atoms. The van der Waals surface area contributed by atoms with E-state index < -0.39 is 0 Å². The lowest BCUT2D eigenvalue weighted by molar-refractivity contribution is 0.289. The molecule has 0 aliphatic carbocycles. The summed E-state index contributed by atoms with van der Waals surface area (Å²) in [4.78, 5) is 14.4. The van der Waals surface area contributed by atoms with Gasteiger partial charge in [0.2, 0.25) is 0 Å². The molecule has 0 unspecified atom stereocenters. The van der Waals surface area contributed by atoms with Crippen LogP contribution in [0.1, 0.15) is 26.2 Å². The molecule has 2 aromatic rings. The predicted octanol–water partition coefficient (Wildman–Crippen LogP) is 2.69. The zero-order chi connectivity index (χ0) is 14.5. The first-order valence-electron chi connectivity index (χ1n) is 6.79. The SMILES string of the molecule is CCCCCOc1c(OC)ccc2cc(N)c(=O)[nH]c12. The van der Waals surface area contributed by atoms with Crippen LogP contribution in [-0.4, -0.2) is 18.7 Å². The van der Waals surface area contributed by atoms with Crippen molar-refractivity contribution in [2.75, 3.05) is 19.5 Å². The number of fused-ring (bicyclic) bond motifs is 1. The van der Waals surface area contributed by atoms with Gasteiger partial charge in [0.15, 0.2) is 11.5 Å². The van der Waals surface area contributed by atoms with Gasteiger partial charge >= 0.3 is 0 Å². The van der Waals surface area contributed by atoms with Gasteiger partial charge in [-0.1, -0.05) is 19.8 Å². The minimum Gasteiger partial charge on any atom is -0.493 e. The number of rotatable bonds is 6. The number of hydrogen-bond acceptors (Lipinski definition) is 4. The quantitative estimate of drug-likeness (QED) is 0.795. The van der Waals surface area contributed by atoms with Crippen LogP contribution >= 0.6 is 0 Å². The van der Waals surface area contributed by atoms with Crippen molar-refractivity contribution < 1.29 is 9.47 Å². The van der Waals surface area contributed by atoms with E-state index in [4.69, 9.17) is 15.2 Å². The van der Waals surface area contributed by atoms with E-state index in [2.05, 4.69) is 11.9 Å². The molecular formula is C15H20N2O3. The number of nitrogen functional groups attached to an aromatic ring is 1. The fourth-order valence-electron chi connectivity index (χ4n) is 2.08. The van der Waals surface area contributed by atoms with Crippen LogP contribution in [0, 0.1) is 0 Å². The van der Waals surface area contributed by atoms with Crippen LogP contribution in [0.25, 0.3) is 10.9 Å². The second-order valence-corrected chi connectivity index (χ2v) is 4.67. The lowest BCUT2D eigenvalue weighted by Crippen LogP contribution is -2.12. The van der Waals surface area contributed by atoms with Gasteiger partial charge in [0.25, 0.3) is 5.56 Å². The molecule has 5 nitrogen and oxygen atoms in total. The Bertz CT molecular complexity index is 649. The molecule has 0 amide bonds. The van der Waals surface area contributed by atoms with Crippen molar-refractivity contribution in [3.8, 4) is 11.5 Å². The third-order valence-corrected chi connectivity index (χ3v) is 3.18. The lowest BCUT2D eigenvalue weighted by atomic mass is 10.2. The number of unbranched alkanes of at least 4 members (excludes halogenated alkanes) is 2. The zero-order valence-electron chi connectivity index (χ0n) is 11.9. The van der Waals surface area contributed by atoms with Crippen LogP contribution < -0.4 is 20.8 Å². The number of aromatic nitrogens is 1. The molecule has 108 valence electrons. The normalized spacial score (nSPS) is 10.7. The van der Waals surface area contributed by atoms with Gasteiger partial charge in [-0.25, -0.2) is 0 Å². The first kappa shape index (κ1) is 14.2. The summed E-state index contributed by atoms with van der Waals surface area (Å²) in [5.41, 5.74) is 6.13. The van der Waals surface area contributed by atoms with Gasteiger partial charge in [0, 0.05) is 5.39 Å². The van der Waals surface area contributed by atoms with Crippen molar-refractivity contribution in [2.24, 2.45) is 0 Å². The van der Waals surface area contributed by atoms with E-state index in [0.717, 1.165) is 24.6 Å². The predicted molar refractivity (Wildman–Crippen MR) is 80.6 cm³/mol. The van der Waals surface area contributed by atoms with Crippen molar-refractivity contribution in [2.45, 2.75) is 26.2 Å². The highest BCUT2D eigenvalue weighted by Crippen LogP contribution is 2.34. The third kappa shape index (κ3) is 2.87. The summed E-state index contributed by atoms with van der Waals surface area (Å²) in [5, 5.41) is 0.827. The summed E-state index contributed by atoms with van der Waals surface area (Å²) in [7, 11) is 1.58. The van der Waals surface area contributed by atoms with Gasteiger partial charge in [0.05, 0.1) is 24.9 Å². The van der Waals surface area contributed by atoms with Crippen molar-refractivity contribution >= 4 is 16.6 Å². The molecule has 0 fully saturated rings. The topological polar surface area (TPSA) is 77.3 Å². The molecule has 0 radical (unpaired) electrons. The molecule has 2 rings (SSSR count). The van der Waals surface area contributed by atoms with Crippen LogP contribution in [0.15, 0.2) is 23.0 Å². The van der Waals surface area contributed by atoms with E-state index in [0.29, 0.717) is 23.6 Å². The number of aromatic amines is 1. The highest BCUT2D eigenvalue weighted by Gasteiger charge is 2.12. The second kappa shape index (κ2) is 6.32. The lowest BCUT2D eigenvalue weighted by Gasteiger charge is -2.13. The van der Waals surface area contributed by atoms with Gasteiger partial charge in [0.1, 0.15) is 0 Å². The molecule has 0 bridgehead atoms. The van der Waals surface area contributed by atoms with Gasteiger partial charge < -0.3 is 20.2 Å². The Morgan fingerprint density at radius 1 is 1.30 bits per heavy atom. The molecule has 0 atom stereocenters. The maximum atomic E-state index is 11.7. The fourth-order valence-corrected chi connectivity index (χ4v) is 2.08. The van der Waals surface area contributed by atoms with Crippen molar-refractivity contribution in [1.29, 1.82) is 0 Å². The summed E-state index contributed by atoms with van der Waals surface area (Å²) in [6.07, 6.45) is 3.20. The molecule has 0 saturated carbocycles. The molecule has 5 heteroatoms. The summed E-state index contributed by atoms with van der Waals surface area (Å²) in [6, 6.07) is 5.31. The summed E-state index contributed by atoms with van der Waals surface area (Å²) < 4.78 is 11.1. The second-order valence-electron chi connectivity index (χ2n) is 4.67. The minimum atomic E-state index is -0.316. The molecule has 1 aromatic heterocycles. The minimum absolute atomic E-state index is 0.194. The van der Waals surface area contributed by atoms with Crippen LogP contribution in [0.2, 0.25) is 0 Å². The molecule has 1 heterocycles. The van der Waals surface area contributed by atoms with E-state index in [9.17, 15) is 4.79 Å². The maximum Gasteiger partial charge on any atom is 0.271 e. The number of H-pyrrole nitrogens is 1. The summed E-state index contributed by atoms with van der Waals surface area (Å²) >= 11 is 0. The third-order valence-electron chi connectivity index (χ3n) is 3.18. The molecule has 0 saturated heterocycles. The molecule has 3 N–H and O–H groups in total. The van der Waals surface area contributed by atoms with E-state index in [1.54, 1.807) is 13.2 Å².